The van der Waals surface area contributed by atoms with Crippen molar-refractivity contribution >= 4 is 19.5 Å². The Labute approximate surface area is 154 Å². The lowest BCUT2D eigenvalue weighted by atomic mass is 10.2. The average Bonchev–Trinajstić information content (AvgIpc) is 2.62. The van der Waals surface area contributed by atoms with Crippen molar-refractivity contribution in [3.05, 3.63) is 53.6 Å². The van der Waals surface area contributed by atoms with Crippen LogP contribution in [0.4, 0.5) is 5.69 Å². The van der Waals surface area contributed by atoms with E-state index in [1.54, 1.807) is 38.3 Å². The summed E-state index contributed by atoms with van der Waals surface area (Å²) >= 11 is 0. The molecule has 2 rings (SSSR count). The standard InChI is InChI=1S/C19H24NO5P/c1-4-24-26(22,25-5-2)14-15-9-11-17(12-10-15)20-13-16-7-6-8-18(23-3)19(16)21/h6-13,21H,4-5,14H2,1-3H3. The molecule has 26 heavy (non-hydrogen) atoms. The molecule has 0 aromatic heterocycles. The van der Waals surface area contributed by atoms with Crippen molar-refractivity contribution < 1.29 is 23.5 Å². The number of para-hydroxylation sites is 1. The Morgan fingerprint density at radius 1 is 1.08 bits per heavy atom. The van der Waals surface area contributed by atoms with Crippen LogP contribution in [-0.2, 0) is 19.8 Å². The van der Waals surface area contributed by atoms with Gasteiger partial charge in [0.05, 0.1) is 32.2 Å². The second kappa shape index (κ2) is 9.53. The summed E-state index contributed by atoms with van der Waals surface area (Å²) in [6.45, 7) is 4.25. The quantitative estimate of drug-likeness (QED) is 0.496. The predicted octanol–water partition coefficient (Wildman–Crippen LogP) is 4.92. The molecular weight excluding hydrogens is 353 g/mol. The Hall–Kier alpha value is -2.14. The van der Waals surface area contributed by atoms with E-state index < -0.39 is 7.60 Å². The number of methoxy groups -OCH3 is 1. The van der Waals surface area contributed by atoms with E-state index in [1.165, 1.54) is 7.11 Å². The molecule has 0 aliphatic carbocycles. The van der Waals surface area contributed by atoms with Crippen LogP contribution < -0.4 is 4.74 Å². The van der Waals surface area contributed by atoms with Crippen LogP contribution in [-0.4, -0.2) is 31.6 Å². The Bertz CT molecular complexity index is 779. The monoisotopic (exact) mass is 377 g/mol. The van der Waals surface area contributed by atoms with Crippen LogP contribution in [0.2, 0.25) is 0 Å². The van der Waals surface area contributed by atoms with Gasteiger partial charge in [0.1, 0.15) is 0 Å². The van der Waals surface area contributed by atoms with E-state index in [9.17, 15) is 9.67 Å². The van der Waals surface area contributed by atoms with Crippen molar-refractivity contribution in [2.45, 2.75) is 20.0 Å². The van der Waals surface area contributed by atoms with E-state index >= 15 is 0 Å². The number of hydrogen-bond donors (Lipinski definition) is 1. The first-order valence-corrected chi connectivity index (χ1v) is 10.1. The van der Waals surface area contributed by atoms with Crippen LogP contribution in [0.1, 0.15) is 25.0 Å². The van der Waals surface area contributed by atoms with Crippen molar-refractivity contribution in [2.75, 3.05) is 20.3 Å². The highest BCUT2D eigenvalue weighted by Crippen LogP contribution is 2.51. The summed E-state index contributed by atoms with van der Waals surface area (Å²) in [5.74, 6) is 0.441. The summed E-state index contributed by atoms with van der Waals surface area (Å²) in [5.41, 5.74) is 2.11. The molecule has 0 spiro atoms. The largest absolute Gasteiger partial charge is 0.504 e. The smallest absolute Gasteiger partial charge is 0.335 e. The third-order valence-electron chi connectivity index (χ3n) is 3.57. The number of rotatable bonds is 9. The lowest BCUT2D eigenvalue weighted by Gasteiger charge is -2.16. The number of hydrogen-bond acceptors (Lipinski definition) is 6. The molecule has 2 aromatic rings. The molecule has 0 aliphatic rings. The van der Waals surface area contributed by atoms with Gasteiger partial charge in [0.15, 0.2) is 11.5 Å². The Balaban J connectivity index is 2.11. The van der Waals surface area contributed by atoms with Crippen LogP contribution in [0.3, 0.4) is 0 Å². The first-order chi connectivity index (χ1) is 12.5. The number of phenolic OH excluding ortho intramolecular Hbond substituents is 1. The molecule has 1 N–H and O–H groups in total. The van der Waals surface area contributed by atoms with Gasteiger partial charge in [-0.15, -0.1) is 0 Å². The molecule has 0 atom stereocenters. The molecule has 6 nitrogen and oxygen atoms in total. The van der Waals surface area contributed by atoms with Crippen molar-refractivity contribution in [2.24, 2.45) is 4.99 Å². The lowest BCUT2D eigenvalue weighted by molar-refractivity contribution is 0.219. The average molecular weight is 377 g/mol. The molecule has 0 radical (unpaired) electrons. The van der Waals surface area contributed by atoms with E-state index in [2.05, 4.69) is 4.99 Å². The van der Waals surface area contributed by atoms with Gasteiger partial charge in [-0.25, -0.2) is 0 Å². The number of ether oxygens (including phenoxy) is 1. The van der Waals surface area contributed by atoms with E-state index in [4.69, 9.17) is 13.8 Å². The number of nitrogens with zero attached hydrogens (tertiary/aromatic N) is 1. The number of aromatic hydroxyl groups is 1. The molecule has 0 heterocycles. The minimum atomic E-state index is -3.12. The first kappa shape index (κ1) is 20.2. The SMILES string of the molecule is CCOP(=O)(Cc1ccc(N=Cc2cccc(OC)c2O)cc1)OCC. The van der Waals surface area contributed by atoms with Gasteiger partial charge in [0.2, 0.25) is 0 Å². The Morgan fingerprint density at radius 3 is 2.31 bits per heavy atom. The van der Waals surface area contributed by atoms with E-state index in [0.29, 0.717) is 30.2 Å². The van der Waals surface area contributed by atoms with E-state index in [1.807, 2.05) is 24.3 Å². The topological polar surface area (TPSA) is 77.4 Å². The summed E-state index contributed by atoms with van der Waals surface area (Å²) in [4.78, 5) is 4.35. The maximum atomic E-state index is 12.6. The predicted molar refractivity (Wildman–Crippen MR) is 103 cm³/mol. The van der Waals surface area contributed by atoms with Crippen molar-refractivity contribution in [3.63, 3.8) is 0 Å². The molecule has 0 fully saturated rings. The van der Waals surface area contributed by atoms with Gasteiger partial charge in [0.25, 0.3) is 0 Å². The molecule has 0 aliphatic heterocycles. The second-order valence-electron chi connectivity index (χ2n) is 5.43. The molecule has 7 heteroatoms. The highest BCUT2D eigenvalue weighted by molar-refractivity contribution is 7.53. The van der Waals surface area contributed by atoms with Crippen molar-refractivity contribution in [3.8, 4) is 11.5 Å². The maximum Gasteiger partial charge on any atom is 0.335 e. The fraction of sp³-hybridized carbons (Fsp3) is 0.316. The van der Waals surface area contributed by atoms with Crippen LogP contribution in [0, 0.1) is 0 Å². The number of benzene rings is 2. The normalized spacial score (nSPS) is 11.8. The molecule has 140 valence electrons. The van der Waals surface area contributed by atoms with Gasteiger partial charge in [-0.3, -0.25) is 9.56 Å². The zero-order valence-corrected chi connectivity index (χ0v) is 16.1. The highest BCUT2D eigenvalue weighted by Gasteiger charge is 2.23. The van der Waals surface area contributed by atoms with Crippen molar-refractivity contribution in [1.29, 1.82) is 0 Å². The fourth-order valence-corrected chi connectivity index (χ4v) is 4.09. The van der Waals surface area contributed by atoms with Gasteiger partial charge >= 0.3 is 7.60 Å². The van der Waals surface area contributed by atoms with E-state index in [-0.39, 0.29) is 11.9 Å². The van der Waals surface area contributed by atoms with Gasteiger partial charge < -0.3 is 18.9 Å². The van der Waals surface area contributed by atoms with Gasteiger partial charge in [-0.1, -0.05) is 18.2 Å². The van der Waals surface area contributed by atoms with Crippen molar-refractivity contribution in [1.82, 2.24) is 0 Å². The first-order valence-electron chi connectivity index (χ1n) is 8.38. The third-order valence-corrected chi connectivity index (χ3v) is 5.62. The summed E-state index contributed by atoms with van der Waals surface area (Å²) in [6.07, 6.45) is 1.79. The lowest BCUT2D eigenvalue weighted by Crippen LogP contribution is -1.98. The zero-order valence-electron chi connectivity index (χ0n) is 15.2. The second-order valence-corrected chi connectivity index (χ2v) is 7.48. The molecule has 0 unspecified atom stereocenters. The zero-order chi connectivity index (χ0) is 19.0. The van der Waals surface area contributed by atoms with Gasteiger partial charge in [-0.05, 0) is 43.7 Å². The molecule has 2 aromatic carbocycles. The number of aliphatic imine (C=N–C) groups is 1. The number of phenols is 1. The van der Waals surface area contributed by atoms with Gasteiger partial charge in [0, 0.05) is 11.8 Å². The highest BCUT2D eigenvalue weighted by atomic mass is 31.2. The maximum absolute atomic E-state index is 12.6. The van der Waals surface area contributed by atoms with Crippen LogP contribution in [0.5, 0.6) is 11.5 Å². The summed E-state index contributed by atoms with van der Waals surface area (Å²) in [7, 11) is -1.62. The molecule has 0 saturated heterocycles. The van der Waals surface area contributed by atoms with Crippen LogP contribution >= 0.6 is 7.60 Å². The Morgan fingerprint density at radius 2 is 1.73 bits per heavy atom. The molecule has 0 bridgehead atoms. The van der Waals surface area contributed by atoms with E-state index in [0.717, 1.165) is 5.56 Å². The summed E-state index contributed by atoms with van der Waals surface area (Å²) in [6, 6.07) is 12.5. The molecule has 0 saturated carbocycles. The van der Waals surface area contributed by atoms with Crippen LogP contribution in [0.15, 0.2) is 47.5 Å². The third kappa shape index (κ3) is 5.43. The molecule has 0 amide bonds. The van der Waals surface area contributed by atoms with Gasteiger partial charge in [-0.2, -0.15) is 0 Å². The minimum absolute atomic E-state index is 0.0461. The van der Waals surface area contributed by atoms with Crippen LogP contribution in [0.25, 0.3) is 0 Å². The molecular formula is C19H24NO5P. The summed E-state index contributed by atoms with van der Waals surface area (Å²) < 4.78 is 28.3. The Kier molecular flexibility index (Phi) is 7.39. The summed E-state index contributed by atoms with van der Waals surface area (Å²) in [5, 5.41) is 10.1. The fourth-order valence-electron chi connectivity index (χ4n) is 2.39. The minimum Gasteiger partial charge on any atom is -0.504 e.